The van der Waals surface area contributed by atoms with Crippen LogP contribution < -0.4 is 5.73 Å². The van der Waals surface area contributed by atoms with E-state index in [-0.39, 0.29) is 55.0 Å². The third-order valence-electron chi connectivity index (χ3n) is 15.8. The van der Waals surface area contributed by atoms with Crippen molar-refractivity contribution < 1.29 is 62.6 Å². The lowest BCUT2D eigenvalue weighted by Gasteiger charge is -2.42. The second-order valence-electron chi connectivity index (χ2n) is 21.4. The lowest BCUT2D eigenvalue weighted by Crippen LogP contribution is -2.61. The quantitative estimate of drug-likeness (QED) is 0.0501. The lowest BCUT2D eigenvalue weighted by atomic mass is 9.80. The first-order valence-corrected chi connectivity index (χ1v) is 26.7. The number of fused-ring (bicyclic) bond motifs is 3. The number of piperidine rings is 1. The largest absolute Gasteiger partial charge is 0.459 e. The zero-order chi connectivity index (χ0) is 55.0. The summed E-state index contributed by atoms with van der Waals surface area (Å²) in [4.78, 5) is 75.3. The molecule has 3 fully saturated rings. The maximum absolute atomic E-state index is 14.5. The van der Waals surface area contributed by atoms with Crippen molar-refractivity contribution >= 4 is 34.9 Å². The molecule has 1 saturated carbocycles. The Kier molecular flexibility index (Phi) is 23.6. The zero-order valence-corrected chi connectivity index (χ0v) is 45.5. The van der Waals surface area contributed by atoms with Gasteiger partial charge in [-0.1, -0.05) is 93.5 Å². The highest BCUT2D eigenvalue weighted by molar-refractivity contribution is 6.39. The molecule has 1 aromatic carbocycles. The van der Waals surface area contributed by atoms with E-state index in [1.807, 2.05) is 56.4 Å². The number of carbonyl (C=O) groups is 5. The molecule has 1 aliphatic carbocycles. The summed E-state index contributed by atoms with van der Waals surface area (Å²) >= 11 is 0. The van der Waals surface area contributed by atoms with Crippen LogP contribution in [0.5, 0.6) is 0 Å². The fourth-order valence-corrected chi connectivity index (χ4v) is 11.0. The Bertz CT molecular complexity index is 2280. The lowest BCUT2D eigenvalue weighted by molar-refractivity contribution is -0.265. The number of methoxy groups -OCH3 is 3. The van der Waals surface area contributed by atoms with Gasteiger partial charge in [-0.3, -0.25) is 19.2 Å². The van der Waals surface area contributed by atoms with Crippen molar-refractivity contribution in [3.8, 4) is 0 Å². The second-order valence-corrected chi connectivity index (χ2v) is 21.4. The molecule has 1 amide bonds. The fourth-order valence-electron chi connectivity index (χ4n) is 11.0. The second kappa shape index (κ2) is 29.0. The topological polar surface area (TPSA) is 259 Å². The highest BCUT2D eigenvalue weighted by Gasteiger charge is 2.53. The first kappa shape index (κ1) is 61.0. The molecular weight excluding hydrogens is 963 g/mol. The summed E-state index contributed by atoms with van der Waals surface area (Å²) in [5.41, 5.74) is 18.4. The van der Waals surface area contributed by atoms with Gasteiger partial charge >= 0.3 is 5.97 Å². The average molecular weight is 1050 g/mol. The normalized spacial score (nSPS) is 36.4. The molecule has 0 unspecified atom stereocenters. The number of hydrogen-bond acceptors (Lipinski definition) is 15. The summed E-state index contributed by atoms with van der Waals surface area (Å²) in [6.07, 6.45) is 10.6. The number of benzene rings is 1. The third-order valence-corrected chi connectivity index (χ3v) is 15.8. The van der Waals surface area contributed by atoms with Gasteiger partial charge in [0.25, 0.3) is 11.7 Å². The molecule has 1 aromatic rings. The van der Waals surface area contributed by atoms with Crippen LogP contribution in [0.15, 0.2) is 77.0 Å². The number of ether oxygens (including phenoxy) is 6. The van der Waals surface area contributed by atoms with Crippen molar-refractivity contribution in [2.75, 3.05) is 27.9 Å². The Balaban J connectivity index is 1.43. The minimum absolute atomic E-state index is 0.00253. The molecule has 0 aromatic heterocycles. The predicted molar refractivity (Wildman–Crippen MR) is 282 cm³/mol. The molecule has 3 heterocycles. The summed E-state index contributed by atoms with van der Waals surface area (Å²) in [5, 5.41) is 27.2. The van der Waals surface area contributed by atoms with Gasteiger partial charge in [-0.25, -0.2) is 4.79 Å². The van der Waals surface area contributed by atoms with Gasteiger partial charge in [0.05, 0.1) is 31.0 Å². The highest BCUT2D eigenvalue weighted by atomic mass is 16.6. The molecule has 2 bridgehead atoms. The van der Waals surface area contributed by atoms with Crippen molar-refractivity contribution in [1.29, 1.82) is 0 Å². The van der Waals surface area contributed by atoms with Crippen LogP contribution in [-0.2, 0) is 59.0 Å². The molecule has 4 aliphatic rings. The van der Waals surface area contributed by atoms with Gasteiger partial charge < -0.3 is 49.3 Å². The zero-order valence-electron chi connectivity index (χ0n) is 45.5. The molecule has 4 N–H and O–H groups in total. The number of nitrogens with two attached hydrogens (primary N) is 1. The molecule has 414 valence electrons. The van der Waals surface area contributed by atoms with E-state index in [4.69, 9.17) is 39.7 Å². The van der Waals surface area contributed by atoms with Crippen LogP contribution in [-0.4, -0.2) is 133 Å². The number of amides is 1. The number of Topliss-reactive ketones (excluding diaryl/α,β-unsaturated/α-hetero) is 3. The van der Waals surface area contributed by atoms with Crippen molar-refractivity contribution in [3.63, 3.8) is 0 Å². The number of cyclic esters (lactones) is 1. The van der Waals surface area contributed by atoms with E-state index in [0.29, 0.717) is 82.1 Å². The van der Waals surface area contributed by atoms with Gasteiger partial charge in [0, 0.05) is 75.1 Å². The smallest absolute Gasteiger partial charge is 0.329 e. The minimum Gasteiger partial charge on any atom is -0.459 e. The Morgan fingerprint density at radius 2 is 1.61 bits per heavy atom. The van der Waals surface area contributed by atoms with Gasteiger partial charge in [0.1, 0.15) is 30.1 Å². The predicted octanol–water partition coefficient (Wildman–Crippen LogP) is 8.04. The van der Waals surface area contributed by atoms with E-state index >= 15 is 0 Å². The van der Waals surface area contributed by atoms with E-state index in [1.165, 1.54) is 7.11 Å². The van der Waals surface area contributed by atoms with Crippen LogP contribution in [0.3, 0.4) is 0 Å². The summed E-state index contributed by atoms with van der Waals surface area (Å²) in [5.74, 6) is -8.20. The summed E-state index contributed by atoms with van der Waals surface area (Å²) < 4.78 is 36.1. The number of ketones is 3. The highest BCUT2D eigenvalue weighted by Crippen LogP contribution is 2.38. The summed E-state index contributed by atoms with van der Waals surface area (Å²) in [7, 11) is 4.55. The number of nitrogens with zero attached hydrogens (tertiary/aromatic N) is 4. The third kappa shape index (κ3) is 16.6. The first-order valence-electron chi connectivity index (χ1n) is 26.7. The number of rotatable bonds is 10. The minimum atomic E-state index is -2.47. The molecule has 0 spiro atoms. The number of aliphatic hydroxyl groups is 2. The maximum atomic E-state index is 14.5. The Morgan fingerprint density at radius 3 is 2.29 bits per heavy atom. The van der Waals surface area contributed by atoms with Crippen molar-refractivity contribution in [2.24, 2.45) is 40.4 Å². The number of allylic oxidation sites excluding steroid dienone is 6. The molecule has 5 rings (SSSR count). The van der Waals surface area contributed by atoms with Crippen LogP contribution >= 0.6 is 0 Å². The van der Waals surface area contributed by atoms with E-state index in [9.17, 15) is 34.2 Å². The van der Waals surface area contributed by atoms with Gasteiger partial charge in [-0.15, -0.1) is 0 Å². The van der Waals surface area contributed by atoms with Gasteiger partial charge in [-0.2, -0.15) is 0 Å². The van der Waals surface area contributed by atoms with Gasteiger partial charge in [0.2, 0.25) is 5.79 Å². The van der Waals surface area contributed by atoms with Crippen molar-refractivity contribution in [3.05, 3.63) is 87.9 Å². The van der Waals surface area contributed by atoms with Crippen molar-refractivity contribution in [2.45, 2.75) is 186 Å². The van der Waals surface area contributed by atoms with Crippen LogP contribution in [0.1, 0.15) is 124 Å². The fraction of sp³-hybridized carbons (Fsp3) is 0.667. The first-order chi connectivity index (χ1) is 35.7. The number of hydrogen-bond donors (Lipinski definition) is 3. The maximum Gasteiger partial charge on any atom is 0.329 e. The monoisotopic (exact) mass is 1050 g/mol. The molecule has 3 aliphatic heterocycles. The molecular formula is C57H83N5O13. The molecule has 2 saturated heterocycles. The van der Waals surface area contributed by atoms with Crippen LogP contribution in [0.25, 0.3) is 10.4 Å². The van der Waals surface area contributed by atoms with Crippen LogP contribution in [0, 0.1) is 29.6 Å². The summed E-state index contributed by atoms with van der Waals surface area (Å²) in [6.45, 7) is 11.0. The molecule has 15 atom stereocenters. The Hall–Kier alpha value is -4.88. The number of esters is 1. The molecule has 0 radical (unpaired) electrons. The number of aliphatic hydroxyl groups excluding tert-OH is 1. The summed E-state index contributed by atoms with van der Waals surface area (Å²) in [6, 6.07) is 5.03. The van der Waals surface area contributed by atoms with E-state index in [2.05, 4.69) is 10.0 Å². The SMILES string of the molecule is CO[C@H]1C[C@@H]2CC[C@@H](C)[C@@](O)(O2)C(=O)C(=O)N2CCCC[C@H]2C(=O)O[C@H]([C@H](N)C[C@@H]2CC[C@@H](OCc3ccc(N=[N+]=[N-])cc3)[C@H](OC)C2)CC(=O)[C@H](C)/C=C(\C)[C@@H](O)[C@@H](OC)C(=O)[C@H](C)C[C@H](C)/C=C/C=C/C=C/1C. The van der Waals surface area contributed by atoms with Crippen LogP contribution in [0.2, 0.25) is 0 Å². The van der Waals surface area contributed by atoms with E-state index < -0.39 is 83.8 Å². The Labute approximate surface area is 443 Å². The molecule has 18 nitrogen and oxygen atoms in total. The average Bonchev–Trinajstić information content (AvgIpc) is 3.39. The van der Waals surface area contributed by atoms with E-state index in [1.54, 1.807) is 60.1 Å². The van der Waals surface area contributed by atoms with Gasteiger partial charge in [0.15, 0.2) is 5.78 Å². The Morgan fingerprint density at radius 1 is 0.880 bits per heavy atom. The number of carbonyl (C=O) groups excluding carboxylic acids is 5. The van der Waals surface area contributed by atoms with Crippen molar-refractivity contribution in [1.82, 2.24) is 4.90 Å². The van der Waals surface area contributed by atoms with Crippen LogP contribution in [0.4, 0.5) is 5.69 Å². The van der Waals surface area contributed by atoms with E-state index in [0.717, 1.165) is 16.0 Å². The standard InChI is InChI=1S/C57H83N5O13/c1-34-15-11-10-12-16-35(2)48(70-7)31-43-24-18-39(6)57(69,75-43)54(66)55(67)62-26-14-13-17-45(62)56(68)74-49(32-46(63)36(3)28-38(5)52(65)53(72-9)51(64)37(4)27-34)44(58)29-41-21-25-47(50(30-41)71-8)73-33-40-19-22-42(23-20-40)60-61-59/h10-12,15-16,19-20,22-23,28,34,36-37,39,41,43-45,47-50,52-53,65,69H,13-14,17-18,21,24-27,29-33,58H2,1-9H3/b12-10+,15-11+,35-16+,38-28+/t34-,36-,37-,39-,41+,43+,44-,45+,47-,48+,49+,50-,52-,53+,57-/m1/s1. The molecule has 75 heavy (non-hydrogen) atoms. The molecule has 18 heteroatoms. The number of azide groups is 1. The van der Waals surface area contributed by atoms with Gasteiger partial charge in [-0.05, 0) is 112 Å².